The van der Waals surface area contributed by atoms with Crippen LogP contribution in [0.3, 0.4) is 0 Å². The maximum Gasteiger partial charge on any atom is 0.246 e. The van der Waals surface area contributed by atoms with E-state index in [9.17, 15) is 9.90 Å². The summed E-state index contributed by atoms with van der Waals surface area (Å²) in [5.41, 5.74) is 3.49. The van der Waals surface area contributed by atoms with E-state index >= 15 is 0 Å². The Balaban J connectivity index is 1.84. The van der Waals surface area contributed by atoms with Crippen molar-refractivity contribution in [1.29, 1.82) is 0 Å². The Morgan fingerprint density at radius 1 is 1.03 bits per heavy atom. The van der Waals surface area contributed by atoms with Crippen LogP contribution in [0.15, 0.2) is 66.7 Å². The highest BCUT2D eigenvalue weighted by Gasteiger charge is 2.36. The second kappa shape index (κ2) is 9.24. The molecule has 1 aliphatic rings. The lowest BCUT2D eigenvalue weighted by atomic mass is 9.98. The highest BCUT2D eigenvalue weighted by Crippen LogP contribution is 2.38. The molecular weight excluding hydrogens is 534 g/mol. The summed E-state index contributed by atoms with van der Waals surface area (Å²) in [4.78, 5) is 15.4. The van der Waals surface area contributed by atoms with Gasteiger partial charge in [-0.15, -0.1) is 0 Å². The van der Waals surface area contributed by atoms with Crippen LogP contribution >= 0.6 is 45.8 Å². The summed E-state index contributed by atoms with van der Waals surface area (Å²) in [6.45, 7) is 0.352. The van der Waals surface area contributed by atoms with E-state index in [0.717, 1.165) is 25.9 Å². The van der Waals surface area contributed by atoms with E-state index in [1.165, 1.54) is 0 Å². The summed E-state index contributed by atoms with van der Waals surface area (Å²) in [6.07, 6.45) is 0. The number of aliphatic hydroxyl groups is 1. The molecule has 0 saturated carbocycles. The third-order valence-corrected chi connectivity index (χ3v) is 6.45. The first kappa shape index (κ1) is 21.6. The van der Waals surface area contributed by atoms with E-state index in [2.05, 4.69) is 34.0 Å². The number of carbonyl (C=O) groups is 1. The molecule has 3 aromatic rings. The van der Waals surface area contributed by atoms with Crippen molar-refractivity contribution in [2.45, 2.75) is 18.6 Å². The summed E-state index contributed by atoms with van der Waals surface area (Å²) in [7, 11) is 0. The van der Waals surface area contributed by atoms with Gasteiger partial charge in [-0.2, -0.15) is 0 Å². The van der Waals surface area contributed by atoms with Gasteiger partial charge >= 0.3 is 0 Å². The fraction of sp³-hybridized carbons (Fsp3) is 0.174. The highest BCUT2D eigenvalue weighted by molar-refractivity contribution is 14.1. The number of benzene rings is 3. The lowest BCUT2D eigenvalue weighted by molar-refractivity contribution is -0.123. The first-order chi connectivity index (χ1) is 14.5. The number of carbonyl (C=O) groups excluding carboxylic acids is 1. The van der Waals surface area contributed by atoms with E-state index in [0.29, 0.717) is 16.6 Å². The normalized spacial score (nSPS) is 17.7. The molecular formula is C23H19Cl2IN2O2. The van der Waals surface area contributed by atoms with Crippen LogP contribution in [0.5, 0.6) is 0 Å². The van der Waals surface area contributed by atoms with Crippen LogP contribution in [0.1, 0.15) is 28.8 Å². The molecule has 0 radical (unpaired) electrons. The van der Waals surface area contributed by atoms with Gasteiger partial charge in [0.1, 0.15) is 6.04 Å². The molecule has 0 saturated heterocycles. The maximum atomic E-state index is 13.4. The number of hydrogen-bond donors (Lipinski definition) is 2. The minimum atomic E-state index is -0.597. The first-order valence-electron chi connectivity index (χ1n) is 9.43. The minimum absolute atomic E-state index is 0.141. The Morgan fingerprint density at radius 2 is 1.67 bits per heavy atom. The maximum absolute atomic E-state index is 13.4. The summed E-state index contributed by atoms with van der Waals surface area (Å²) >= 11 is 14.4. The average molecular weight is 553 g/mol. The van der Waals surface area contributed by atoms with Gasteiger partial charge in [0.15, 0.2) is 0 Å². The Bertz CT molecular complexity index is 1060. The van der Waals surface area contributed by atoms with Crippen molar-refractivity contribution in [3.8, 4) is 0 Å². The molecule has 0 aliphatic carbocycles. The molecule has 0 spiro atoms. The van der Waals surface area contributed by atoms with Gasteiger partial charge in [-0.25, -0.2) is 0 Å². The molecule has 4 nitrogen and oxygen atoms in total. The van der Waals surface area contributed by atoms with Gasteiger partial charge in [0.2, 0.25) is 5.91 Å². The second-order valence-corrected chi connectivity index (χ2v) is 9.29. The molecule has 30 heavy (non-hydrogen) atoms. The lowest BCUT2D eigenvalue weighted by Gasteiger charge is -2.35. The molecule has 2 N–H and O–H groups in total. The highest BCUT2D eigenvalue weighted by atomic mass is 127. The van der Waals surface area contributed by atoms with Crippen LogP contribution in [0, 0.1) is 3.57 Å². The smallest absolute Gasteiger partial charge is 0.246 e. The third kappa shape index (κ3) is 4.50. The number of anilines is 1. The number of nitrogens with zero attached hydrogens (tertiary/aromatic N) is 1. The molecule has 0 bridgehead atoms. The van der Waals surface area contributed by atoms with E-state index in [-0.39, 0.29) is 12.5 Å². The molecule has 7 heteroatoms. The van der Waals surface area contributed by atoms with Crippen molar-refractivity contribution in [3.63, 3.8) is 0 Å². The predicted molar refractivity (Wildman–Crippen MR) is 129 cm³/mol. The van der Waals surface area contributed by atoms with E-state index in [1.54, 1.807) is 24.3 Å². The second-order valence-electron chi connectivity index (χ2n) is 7.17. The number of nitrogens with one attached hydrogen (secondary N) is 1. The molecule has 2 atom stereocenters. The topological polar surface area (TPSA) is 52.6 Å². The number of fused-ring (bicyclic) bond motifs is 1. The van der Waals surface area contributed by atoms with Crippen LogP contribution in [-0.2, 0) is 11.3 Å². The van der Waals surface area contributed by atoms with Gasteiger partial charge < -0.3 is 10.4 Å². The van der Waals surface area contributed by atoms with E-state index < -0.39 is 12.1 Å². The Morgan fingerprint density at radius 3 is 2.30 bits per heavy atom. The quantitative estimate of drug-likeness (QED) is 0.401. The zero-order valence-corrected chi connectivity index (χ0v) is 19.5. The molecule has 1 aliphatic heterocycles. The molecule has 0 aromatic heterocycles. The molecule has 0 fully saturated rings. The summed E-state index contributed by atoms with van der Waals surface area (Å²) in [6, 6.07) is 19.6. The zero-order valence-electron chi connectivity index (χ0n) is 15.9. The van der Waals surface area contributed by atoms with Crippen LogP contribution in [0.4, 0.5) is 5.69 Å². The first-order valence-corrected chi connectivity index (χ1v) is 11.3. The Labute approximate surface area is 198 Å². The molecule has 154 valence electrons. The van der Waals surface area contributed by atoms with Crippen molar-refractivity contribution in [2.75, 3.05) is 11.9 Å². The Hall–Kier alpha value is -1.64. The van der Waals surface area contributed by atoms with Crippen LogP contribution in [-0.4, -0.2) is 22.5 Å². The van der Waals surface area contributed by atoms with Gasteiger partial charge in [-0.05, 0) is 81.7 Å². The van der Waals surface area contributed by atoms with E-state index in [4.69, 9.17) is 23.2 Å². The number of amides is 1. The van der Waals surface area contributed by atoms with Crippen molar-refractivity contribution in [3.05, 3.63) is 97.0 Å². The van der Waals surface area contributed by atoms with Gasteiger partial charge in [0.25, 0.3) is 0 Å². The fourth-order valence-electron chi connectivity index (χ4n) is 3.82. The summed E-state index contributed by atoms with van der Waals surface area (Å²) < 4.78 is 1.08. The number of aliphatic hydroxyl groups excluding tert-OH is 1. The van der Waals surface area contributed by atoms with Gasteiger partial charge in [-0.3, -0.25) is 9.69 Å². The third-order valence-electron chi connectivity index (χ3n) is 5.27. The van der Waals surface area contributed by atoms with Crippen molar-refractivity contribution < 1.29 is 9.90 Å². The fourth-order valence-corrected chi connectivity index (χ4v) is 4.63. The molecule has 2 unspecified atom stereocenters. The van der Waals surface area contributed by atoms with Gasteiger partial charge in [0, 0.05) is 25.8 Å². The molecule has 3 aromatic carbocycles. The van der Waals surface area contributed by atoms with Crippen LogP contribution < -0.4 is 5.32 Å². The summed E-state index contributed by atoms with van der Waals surface area (Å²) in [5, 5.41) is 14.7. The van der Waals surface area contributed by atoms with Gasteiger partial charge in [-0.1, -0.05) is 47.5 Å². The number of rotatable bonds is 4. The molecule has 1 heterocycles. The van der Waals surface area contributed by atoms with Crippen LogP contribution in [0.25, 0.3) is 0 Å². The van der Waals surface area contributed by atoms with Gasteiger partial charge in [0.05, 0.1) is 12.6 Å². The van der Waals surface area contributed by atoms with Crippen molar-refractivity contribution in [1.82, 2.24) is 4.90 Å². The Kier molecular flexibility index (Phi) is 6.65. The largest absolute Gasteiger partial charge is 0.394 e. The average Bonchev–Trinajstić information content (AvgIpc) is 2.86. The number of hydrogen-bond acceptors (Lipinski definition) is 3. The summed E-state index contributed by atoms with van der Waals surface area (Å²) in [5.74, 6) is -0.148. The zero-order chi connectivity index (χ0) is 21.3. The predicted octanol–water partition coefficient (Wildman–Crippen LogP) is 5.83. The minimum Gasteiger partial charge on any atom is -0.394 e. The lowest BCUT2D eigenvalue weighted by Crippen LogP contribution is -2.38. The molecule has 1 amide bonds. The van der Waals surface area contributed by atoms with E-state index in [1.807, 2.05) is 41.3 Å². The molecule has 4 rings (SSSR count). The standard InChI is InChI=1S/C23H19Cl2IN2O2/c24-17-5-1-14(2-6-17)21(13-29)28-12-16-11-19(26)9-10-20(16)27-23(30)22(28)15-3-7-18(25)8-4-15/h1-11,21-22,29H,12-13H2,(H,27,30). The monoisotopic (exact) mass is 552 g/mol. The van der Waals surface area contributed by atoms with Crippen molar-refractivity contribution in [2.24, 2.45) is 0 Å². The van der Waals surface area contributed by atoms with Crippen molar-refractivity contribution >= 4 is 57.4 Å². The van der Waals surface area contributed by atoms with Crippen LogP contribution in [0.2, 0.25) is 10.0 Å². The number of halogens is 3. The SMILES string of the molecule is O=C1Nc2ccc(I)cc2CN(C(CO)c2ccc(Cl)cc2)C1c1ccc(Cl)cc1.